The lowest BCUT2D eigenvalue weighted by Gasteiger charge is -2.14. The van der Waals surface area contributed by atoms with E-state index in [2.05, 4.69) is 25.9 Å². The summed E-state index contributed by atoms with van der Waals surface area (Å²) in [6, 6.07) is 6.73. The van der Waals surface area contributed by atoms with Crippen LogP contribution in [-0.2, 0) is 10.0 Å². The summed E-state index contributed by atoms with van der Waals surface area (Å²) in [5.41, 5.74) is 0.674. The molecule has 0 radical (unpaired) electrons. The number of rotatable bonds is 9. The van der Waals surface area contributed by atoms with E-state index in [4.69, 9.17) is 9.47 Å². The lowest BCUT2D eigenvalue weighted by atomic mass is 10.2. The van der Waals surface area contributed by atoms with Crippen molar-refractivity contribution < 1.29 is 17.9 Å². The highest BCUT2D eigenvalue weighted by atomic mass is 79.9. The number of hydrazone groups is 1. The quantitative estimate of drug-likeness (QED) is 0.466. The van der Waals surface area contributed by atoms with Crippen molar-refractivity contribution in [2.45, 2.75) is 24.5 Å². The molecule has 0 aliphatic carbocycles. The van der Waals surface area contributed by atoms with Crippen molar-refractivity contribution >= 4 is 43.5 Å². The highest BCUT2D eigenvalue weighted by molar-refractivity contribution is 9.10. The van der Waals surface area contributed by atoms with Gasteiger partial charge in [0.1, 0.15) is 4.21 Å². The second kappa shape index (κ2) is 9.21. The Morgan fingerprint density at radius 3 is 2.76 bits per heavy atom. The Morgan fingerprint density at radius 2 is 2.12 bits per heavy atom. The first-order valence-electron chi connectivity index (χ1n) is 7.65. The standard InChI is InChI=1S/C16H19BrN2O4S2/c1-3-7-23-16-13(17)9-12(10-14(16)22-4-2)11-18-19-25(20,21)15-6-5-8-24-15/h5-6,8-11,19H,3-4,7H2,1-2H3/b18-11+. The van der Waals surface area contributed by atoms with Gasteiger partial charge in [-0.3, -0.25) is 0 Å². The van der Waals surface area contributed by atoms with Gasteiger partial charge in [-0.2, -0.15) is 18.4 Å². The number of halogens is 1. The van der Waals surface area contributed by atoms with Crippen molar-refractivity contribution in [3.8, 4) is 11.5 Å². The highest BCUT2D eigenvalue weighted by Crippen LogP contribution is 2.36. The number of benzene rings is 1. The summed E-state index contributed by atoms with van der Waals surface area (Å²) >= 11 is 4.59. The van der Waals surface area contributed by atoms with Gasteiger partial charge < -0.3 is 9.47 Å². The summed E-state index contributed by atoms with van der Waals surface area (Å²) in [7, 11) is -3.63. The van der Waals surface area contributed by atoms with Crippen molar-refractivity contribution in [2.75, 3.05) is 13.2 Å². The number of nitrogens with one attached hydrogen (secondary N) is 1. The van der Waals surface area contributed by atoms with Crippen LogP contribution in [0.25, 0.3) is 0 Å². The van der Waals surface area contributed by atoms with Crippen LogP contribution in [0.1, 0.15) is 25.8 Å². The van der Waals surface area contributed by atoms with Crippen molar-refractivity contribution in [1.29, 1.82) is 0 Å². The summed E-state index contributed by atoms with van der Waals surface area (Å²) in [6.45, 7) is 4.97. The second-order valence-corrected chi connectivity index (χ2v) is 8.59. The first-order valence-corrected chi connectivity index (χ1v) is 10.8. The zero-order valence-electron chi connectivity index (χ0n) is 13.9. The van der Waals surface area contributed by atoms with Gasteiger partial charge in [0, 0.05) is 0 Å². The largest absolute Gasteiger partial charge is 0.490 e. The van der Waals surface area contributed by atoms with E-state index in [0.717, 1.165) is 22.2 Å². The maximum absolute atomic E-state index is 12.0. The van der Waals surface area contributed by atoms with E-state index in [9.17, 15) is 8.42 Å². The highest BCUT2D eigenvalue weighted by Gasteiger charge is 2.14. The van der Waals surface area contributed by atoms with Crippen LogP contribution in [0.15, 0.2) is 43.4 Å². The molecule has 0 aliphatic heterocycles. The van der Waals surface area contributed by atoms with Gasteiger partial charge in [0.2, 0.25) is 0 Å². The summed E-state index contributed by atoms with van der Waals surface area (Å²) in [5.74, 6) is 1.20. The molecule has 9 heteroatoms. The maximum atomic E-state index is 12.0. The molecule has 1 aromatic heterocycles. The molecular weight excluding hydrogens is 428 g/mol. The van der Waals surface area contributed by atoms with Gasteiger partial charge in [-0.05, 0) is 58.4 Å². The normalized spacial score (nSPS) is 11.6. The molecule has 0 unspecified atom stereocenters. The predicted octanol–water partition coefficient (Wildman–Crippen LogP) is 4.01. The van der Waals surface area contributed by atoms with Gasteiger partial charge in [0.15, 0.2) is 11.5 Å². The molecule has 0 atom stereocenters. The van der Waals surface area contributed by atoms with Crippen LogP contribution < -0.4 is 14.3 Å². The molecule has 6 nitrogen and oxygen atoms in total. The van der Waals surface area contributed by atoms with Crippen LogP contribution in [0.3, 0.4) is 0 Å². The molecule has 0 aliphatic rings. The van der Waals surface area contributed by atoms with Crippen LogP contribution in [0, 0.1) is 0 Å². The Morgan fingerprint density at radius 1 is 1.32 bits per heavy atom. The molecule has 1 N–H and O–H groups in total. The van der Waals surface area contributed by atoms with Gasteiger partial charge in [0.05, 0.1) is 23.9 Å². The van der Waals surface area contributed by atoms with Crippen LogP contribution in [0.2, 0.25) is 0 Å². The van der Waals surface area contributed by atoms with E-state index in [1.807, 2.05) is 13.8 Å². The summed E-state index contributed by atoms with van der Waals surface area (Å²) < 4.78 is 36.3. The van der Waals surface area contributed by atoms with Gasteiger partial charge in [0.25, 0.3) is 10.0 Å². The fourth-order valence-electron chi connectivity index (χ4n) is 1.90. The van der Waals surface area contributed by atoms with Gasteiger partial charge in [-0.15, -0.1) is 11.3 Å². The van der Waals surface area contributed by atoms with E-state index >= 15 is 0 Å². The molecule has 0 bridgehead atoms. The first kappa shape index (κ1) is 19.7. The van der Waals surface area contributed by atoms with Crippen molar-refractivity contribution in [3.05, 3.63) is 39.7 Å². The molecule has 2 rings (SSSR count). The predicted molar refractivity (Wildman–Crippen MR) is 103 cm³/mol. The maximum Gasteiger partial charge on any atom is 0.286 e. The van der Waals surface area contributed by atoms with Gasteiger partial charge in [-0.1, -0.05) is 13.0 Å². The van der Waals surface area contributed by atoms with Crippen molar-refractivity contribution in [3.63, 3.8) is 0 Å². The topological polar surface area (TPSA) is 77.0 Å². The summed E-state index contributed by atoms with van der Waals surface area (Å²) in [5, 5.41) is 5.52. The molecule has 1 aromatic carbocycles. The van der Waals surface area contributed by atoms with Gasteiger partial charge in [-0.25, -0.2) is 0 Å². The molecule has 25 heavy (non-hydrogen) atoms. The minimum Gasteiger partial charge on any atom is -0.490 e. The second-order valence-electron chi connectivity index (χ2n) is 4.90. The Balaban J connectivity index is 2.19. The van der Waals surface area contributed by atoms with Crippen LogP contribution in [0.5, 0.6) is 11.5 Å². The lowest BCUT2D eigenvalue weighted by Crippen LogP contribution is -2.17. The molecule has 0 amide bonds. The molecule has 0 saturated carbocycles. The Kier molecular flexibility index (Phi) is 7.27. The van der Waals surface area contributed by atoms with E-state index in [-0.39, 0.29) is 4.21 Å². The molecule has 136 valence electrons. The zero-order chi connectivity index (χ0) is 18.3. The minimum atomic E-state index is -3.63. The van der Waals surface area contributed by atoms with Crippen LogP contribution >= 0.6 is 27.3 Å². The van der Waals surface area contributed by atoms with Gasteiger partial charge >= 0.3 is 0 Å². The van der Waals surface area contributed by atoms with E-state index in [1.54, 1.807) is 23.6 Å². The molecule has 1 heterocycles. The summed E-state index contributed by atoms with van der Waals surface area (Å²) in [4.78, 5) is 2.19. The Bertz CT molecular complexity index is 821. The Hall–Kier alpha value is -1.58. The van der Waals surface area contributed by atoms with Crippen molar-refractivity contribution in [2.24, 2.45) is 5.10 Å². The average Bonchev–Trinajstić information content (AvgIpc) is 3.10. The smallest absolute Gasteiger partial charge is 0.286 e. The average molecular weight is 447 g/mol. The molecule has 0 fully saturated rings. The Labute approximate surface area is 160 Å². The third-order valence-corrected chi connectivity index (χ3v) is 6.14. The number of nitrogens with zero attached hydrogens (tertiary/aromatic N) is 1. The van der Waals surface area contributed by atoms with Crippen LogP contribution in [0.4, 0.5) is 0 Å². The number of hydrogen-bond donors (Lipinski definition) is 1. The number of ether oxygens (including phenoxy) is 2. The number of sulfonamides is 1. The monoisotopic (exact) mass is 446 g/mol. The SMILES string of the molecule is CCCOc1c(Br)cc(/C=N/NS(=O)(=O)c2cccs2)cc1OCC. The van der Waals surface area contributed by atoms with E-state index < -0.39 is 10.0 Å². The van der Waals surface area contributed by atoms with Crippen molar-refractivity contribution in [1.82, 2.24) is 4.83 Å². The number of thiophene rings is 1. The molecule has 0 saturated heterocycles. The third-order valence-electron chi connectivity index (χ3n) is 2.93. The third kappa shape index (κ3) is 5.45. The first-order chi connectivity index (χ1) is 12.0. The lowest BCUT2D eigenvalue weighted by molar-refractivity contribution is 0.275. The van der Waals surface area contributed by atoms with E-state index in [1.165, 1.54) is 12.3 Å². The zero-order valence-corrected chi connectivity index (χ0v) is 17.1. The fraction of sp³-hybridized carbons (Fsp3) is 0.312. The fourth-order valence-corrected chi connectivity index (χ4v) is 4.25. The summed E-state index contributed by atoms with van der Waals surface area (Å²) in [6.07, 6.45) is 2.30. The molecular formula is C16H19BrN2O4S2. The van der Waals surface area contributed by atoms with E-state index in [0.29, 0.717) is 30.3 Å². The van der Waals surface area contributed by atoms with Crippen LogP contribution in [-0.4, -0.2) is 27.8 Å². The number of hydrogen-bond acceptors (Lipinski definition) is 6. The molecule has 0 spiro atoms. The molecule has 2 aromatic rings. The minimum absolute atomic E-state index is 0.212.